The summed E-state index contributed by atoms with van der Waals surface area (Å²) in [4.78, 5) is 0.160. The first-order chi connectivity index (χ1) is 9.29. The lowest BCUT2D eigenvalue weighted by Gasteiger charge is -2.11. The fraction of sp³-hybridized carbons (Fsp3) is 0.0769. The molecule has 2 aromatic rings. The van der Waals surface area contributed by atoms with Crippen LogP contribution < -0.4 is 4.18 Å². The highest BCUT2D eigenvalue weighted by Crippen LogP contribution is 2.31. The van der Waals surface area contributed by atoms with Crippen molar-refractivity contribution in [1.29, 1.82) is 0 Å². The highest BCUT2D eigenvalue weighted by molar-refractivity contribution is 14.1. The molecule has 2 aromatic carbocycles. The summed E-state index contributed by atoms with van der Waals surface area (Å²) in [6.45, 7) is 1.91. The van der Waals surface area contributed by atoms with Crippen molar-refractivity contribution >= 4 is 77.9 Å². The van der Waals surface area contributed by atoms with Gasteiger partial charge in [0.25, 0.3) is 0 Å². The van der Waals surface area contributed by atoms with E-state index in [1.54, 1.807) is 24.3 Å². The van der Waals surface area contributed by atoms with Crippen molar-refractivity contribution < 1.29 is 12.6 Å². The van der Waals surface area contributed by atoms with Gasteiger partial charge in [-0.3, -0.25) is 0 Å². The van der Waals surface area contributed by atoms with Crippen LogP contribution in [0.25, 0.3) is 0 Å². The largest absolute Gasteiger partial charge is 0.377 e. The molecule has 2 rings (SSSR count). The van der Waals surface area contributed by atoms with Crippen molar-refractivity contribution in [3.63, 3.8) is 0 Å². The molecule has 20 heavy (non-hydrogen) atoms. The zero-order valence-corrected chi connectivity index (χ0v) is 17.5. The van der Waals surface area contributed by atoms with E-state index in [9.17, 15) is 8.42 Å². The van der Waals surface area contributed by atoms with E-state index in [0.717, 1.165) is 16.3 Å². The molecule has 0 aliphatic rings. The Kier molecular flexibility index (Phi) is 5.57. The van der Waals surface area contributed by atoms with Crippen LogP contribution >= 0.6 is 67.8 Å². The van der Waals surface area contributed by atoms with Gasteiger partial charge in [0.2, 0.25) is 0 Å². The van der Waals surface area contributed by atoms with Crippen LogP contribution in [-0.2, 0) is 10.1 Å². The van der Waals surface area contributed by atoms with E-state index in [-0.39, 0.29) is 4.90 Å². The van der Waals surface area contributed by atoms with E-state index in [2.05, 4.69) is 67.8 Å². The van der Waals surface area contributed by atoms with Crippen LogP contribution in [0, 0.1) is 17.6 Å². The second kappa shape index (κ2) is 6.65. The predicted molar refractivity (Wildman–Crippen MR) is 104 cm³/mol. The minimum absolute atomic E-state index is 0.160. The van der Waals surface area contributed by atoms with Gasteiger partial charge in [0.1, 0.15) is 4.90 Å². The quantitative estimate of drug-likeness (QED) is 0.371. The molecule has 0 spiro atoms. The van der Waals surface area contributed by atoms with Crippen molar-refractivity contribution in [2.24, 2.45) is 0 Å². The third kappa shape index (κ3) is 3.97. The Morgan fingerprint density at radius 2 is 1.45 bits per heavy atom. The van der Waals surface area contributed by atoms with Crippen LogP contribution in [0.3, 0.4) is 0 Å². The minimum Gasteiger partial charge on any atom is -0.377 e. The summed E-state index contributed by atoms with van der Waals surface area (Å²) in [5.74, 6) is 0.382. The molecule has 0 heterocycles. The zero-order chi connectivity index (χ0) is 14.9. The van der Waals surface area contributed by atoms with Crippen LogP contribution in [-0.4, -0.2) is 8.42 Å². The first-order valence-corrected chi connectivity index (χ1v) is 10.1. The highest BCUT2D eigenvalue weighted by Gasteiger charge is 2.20. The van der Waals surface area contributed by atoms with Gasteiger partial charge in [-0.15, -0.1) is 0 Å². The minimum atomic E-state index is -3.80. The summed E-state index contributed by atoms with van der Waals surface area (Å²) >= 11 is 6.34. The molecule has 0 saturated carbocycles. The van der Waals surface area contributed by atoms with Crippen molar-refractivity contribution in [2.75, 3.05) is 0 Å². The Hall–Kier alpha value is 0.380. The van der Waals surface area contributed by atoms with Crippen LogP contribution in [0.5, 0.6) is 5.75 Å². The SMILES string of the molecule is Cc1ccc(S(=O)(=O)Oc2c(I)cc(I)cc2I)cc1. The molecule has 0 unspecified atom stereocenters. The third-order valence-electron chi connectivity index (χ3n) is 2.47. The van der Waals surface area contributed by atoms with E-state index >= 15 is 0 Å². The first-order valence-electron chi connectivity index (χ1n) is 5.45. The molecule has 0 radical (unpaired) electrons. The molecule has 0 aliphatic carbocycles. The summed E-state index contributed by atoms with van der Waals surface area (Å²) in [5, 5.41) is 0. The Balaban J connectivity index is 2.41. The van der Waals surface area contributed by atoms with Gasteiger partial charge in [-0.25, -0.2) is 0 Å². The standard InChI is InChI=1S/C13H9I3O3S/c1-8-2-4-10(5-3-8)20(17,18)19-13-11(15)6-9(14)7-12(13)16/h2-7H,1H3. The molecule has 7 heteroatoms. The summed E-state index contributed by atoms with van der Waals surface area (Å²) in [6, 6.07) is 10.4. The molecule has 0 N–H and O–H groups in total. The van der Waals surface area contributed by atoms with Crippen LogP contribution in [0.4, 0.5) is 0 Å². The maximum atomic E-state index is 12.3. The van der Waals surface area contributed by atoms with E-state index in [1.165, 1.54) is 0 Å². The molecular weight excluding hydrogens is 617 g/mol. The number of halogens is 3. The van der Waals surface area contributed by atoms with Crippen molar-refractivity contribution in [3.8, 4) is 5.75 Å². The summed E-state index contributed by atoms with van der Waals surface area (Å²) in [6.07, 6.45) is 0. The van der Waals surface area contributed by atoms with Gasteiger partial charge in [0.15, 0.2) is 5.75 Å². The van der Waals surface area contributed by atoms with Crippen LogP contribution in [0.1, 0.15) is 5.56 Å². The molecule has 3 nitrogen and oxygen atoms in total. The lowest BCUT2D eigenvalue weighted by Crippen LogP contribution is -2.11. The van der Waals surface area contributed by atoms with Gasteiger partial charge in [-0.2, -0.15) is 8.42 Å². The number of hydrogen-bond acceptors (Lipinski definition) is 3. The first kappa shape index (κ1) is 16.7. The van der Waals surface area contributed by atoms with Gasteiger partial charge in [0.05, 0.1) is 7.14 Å². The van der Waals surface area contributed by atoms with Crippen molar-refractivity contribution in [2.45, 2.75) is 11.8 Å². The maximum absolute atomic E-state index is 12.3. The Labute approximate surface area is 159 Å². The topological polar surface area (TPSA) is 43.4 Å². The fourth-order valence-corrected chi connectivity index (χ4v) is 6.54. The van der Waals surface area contributed by atoms with Crippen LogP contribution in [0.2, 0.25) is 0 Å². The Morgan fingerprint density at radius 1 is 0.950 bits per heavy atom. The van der Waals surface area contributed by atoms with Gasteiger partial charge in [-0.1, -0.05) is 17.7 Å². The van der Waals surface area contributed by atoms with Gasteiger partial charge in [0, 0.05) is 3.57 Å². The molecular formula is C13H9I3O3S. The number of benzene rings is 2. The summed E-state index contributed by atoms with van der Waals surface area (Å²) < 4.78 is 32.4. The average Bonchev–Trinajstić information content (AvgIpc) is 2.34. The summed E-state index contributed by atoms with van der Waals surface area (Å²) in [7, 11) is -3.80. The Morgan fingerprint density at radius 3 is 1.95 bits per heavy atom. The van der Waals surface area contributed by atoms with E-state index in [1.807, 2.05) is 19.1 Å². The maximum Gasteiger partial charge on any atom is 0.339 e. The molecule has 106 valence electrons. The average molecular weight is 626 g/mol. The normalized spacial score (nSPS) is 11.4. The van der Waals surface area contributed by atoms with E-state index in [4.69, 9.17) is 4.18 Å². The molecule has 0 atom stereocenters. The van der Waals surface area contributed by atoms with Crippen LogP contribution in [0.15, 0.2) is 41.3 Å². The molecule has 0 aliphatic heterocycles. The number of aryl methyl sites for hydroxylation is 1. The number of hydrogen-bond donors (Lipinski definition) is 0. The van der Waals surface area contributed by atoms with E-state index in [0.29, 0.717) is 5.75 Å². The van der Waals surface area contributed by atoms with E-state index < -0.39 is 10.1 Å². The lowest BCUT2D eigenvalue weighted by molar-refractivity contribution is 0.482. The highest BCUT2D eigenvalue weighted by atomic mass is 127. The Bertz CT molecular complexity index is 717. The monoisotopic (exact) mass is 626 g/mol. The molecule has 0 fully saturated rings. The predicted octanol–water partition coefficient (Wildman–Crippen LogP) is 4.58. The van der Waals surface area contributed by atoms with Gasteiger partial charge in [-0.05, 0) is 99.0 Å². The number of rotatable bonds is 3. The lowest BCUT2D eigenvalue weighted by atomic mass is 10.2. The second-order valence-corrected chi connectivity index (χ2v) is 9.17. The van der Waals surface area contributed by atoms with Crippen molar-refractivity contribution in [3.05, 3.63) is 52.7 Å². The van der Waals surface area contributed by atoms with Gasteiger partial charge < -0.3 is 4.18 Å². The van der Waals surface area contributed by atoms with Gasteiger partial charge >= 0.3 is 10.1 Å². The summed E-state index contributed by atoms with van der Waals surface area (Å²) in [5.41, 5.74) is 1.00. The third-order valence-corrected chi connectivity index (χ3v) is 5.93. The smallest absolute Gasteiger partial charge is 0.339 e. The fourth-order valence-electron chi connectivity index (χ4n) is 1.47. The molecule has 0 amide bonds. The molecule has 0 aromatic heterocycles. The second-order valence-electron chi connectivity index (χ2n) is 4.05. The van der Waals surface area contributed by atoms with Crippen molar-refractivity contribution in [1.82, 2.24) is 0 Å². The zero-order valence-electron chi connectivity index (χ0n) is 10.2. The molecule has 0 saturated heterocycles. The molecule has 0 bridgehead atoms.